The lowest BCUT2D eigenvalue weighted by atomic mass is 9.93. The summed E-state index contributed by atoms with van der Waals surface area (Å²) >= 11 is 0. The molecule has 1 N–H and O–H groups in total. The molecule has 0 bridgehead atoms. The van der Waals surface area contributed by atoms with Crippen LogP contribution in [-0.4, -0.2) is 15.5 Å². The number of aryl methyl sites for hydroxylation is 2. The molecular formula is C20H24FNO. The van der Waals surface area contributed by atoms with Gasteiger partial charge in [-0.3, -0.25) is 4.90 Å². The third-order valence-corrected chi connectivity index (χ3v) is 5.07. The minimum Gasteiger partial charge on any atom is -0.508 e. The van der Waals surface area contributed by atoms with Gasteiger partial charge in [0.25, 0.3) is 0 Å². The molecule has 1 aliphatic rings. The van der Waals surface area contributed by atoms with E-state index in [4.69, 9.17) is 0 Å². The highest BCUT2D eigenvalue weighted by atomic mass is 19.1. The van der Waals surface area contributed by atoms with Crippen LogP contribution in [0.4, 0.5) is 4.39 Å². The van der Waals surface area contributed by atoms with E-state index in [1.54, 1.807) is 18.2 Å². The van der Waals surface area contributed by atoms with Gasteiger partial charge in [0, 0.05) is 24.2 Å². The molecule has 2 aromatic rings. The molecule has 23 heavy (non-hydrogen) atoms. The molecular weight excluding hydrogens is 289 g/mol. The summed E-state index contributed by atoms with van der Waals surface area (Å²) in [6, 6.07) is 11.2. The number of phenols is 1. The van der Waals surface area contributed by atoms with Crippen LogP contribution in [0, 0.1) is 12.7 Å². The maximum absolute atomic E-state index is 13.9. The molecule has 0 saturated carbocycles. The zero-order chi connectivity index (χ0) is 16.6. The van der Waals surface area contributed by atoms with E-state index >= 15 is 0 Å². The fourth-order valence-corrected chi connectivity index (χ4v) is 3.29. The van der Waals surface area contributed by atoms with Gasteiger partial charge in [0.1, 0.15) is 11.6 Å². The Bertz CT molecular complexity index is 724. The number of phenolic OH excluding ortho intramolecular Hbond substituents is 1. The van der Waals surface area contributed by atoms with E-state index in [1.165, 1.54) is 5.56 Å². The van der Waals surface area contributed by atoms with Crippen LogP contribution in [0.25, 0.3) is 0 Å². The summed E-state index contributed by atoms with van der Waals surface area (Å²) in [5, 5.41) is 9.63. The Labute approximate surface area is 137 Å². The quantitative estimate of drug-likeness (QED) is 0.894. The maximum atomic E-state index is 13.9. The standard InChI is InChI=1S/C20H24FNO/c1-14-11-15(7-8-19(14)23)9-10-20(2,3)22-12-16-5-4-6-18(21)17(16)13-22/h4-8,11,23H,9-10,12-13H2,1-3H3. The van der Waals surface area contributed by atoms with E-state index < -0.39 is 0 Å². The number of aromatic hydroxyl groups is 1. The zero-order valence-corrected chi connectivity index (χ0v) is 14.1. The minimum atomic E-state index is -0.0880. The zero-order valence-electron chi connectivity index (χ0n) is 14.1. The third-order valence-electron chi connectivity index (χ3n) is 5.07. The molecule has 1 aliphatic heterocycles. The first kappa shape index (κ1) is 16.0. The van der Waals surface area contributed by atoms with Crippen LogP contribution in [-0.2, 0) is 19.5 Å². The van der Waals surface area contributed by atoms with Gasteiger partial charge < -0.3 is 5.11 Å². The Kier molecular flexibility index (Phi) is 4.15. The van der Waals surface area contributed by atoms with Crippen LogP contribution in [0.5, 0.6) is 5.75 Å². The van der Waals surface area contributed by atoms with Crippen LogP contribution in [0.2, 0.25) is 0 Å². The number of nitrogens with zero attached hydrogens (tertiary/aromatic N) is 1. The molecule has 0 aliphatic carbocycles. The van der Waals surface area contributed by atoms with E-state index in [0.29, 0.717) is 12.3 Å². The van der Waals surface area contributed by atoms with Gasteiger partial charge in [0.15, 0.2) is 0 Å². The molecule has 0 unspecified atom stereocenters. The molecule has 2 aromatic carbocycles. The lowest BCUT2D eigenvalue weighted by Crippen LogP contribution is -2.40. The smallest absolute Gasteiger partial charge is 0.128 e. The molecule has 0 atom stereocenters. The molecule has 1 heterocycles. The van der Waals surface area contributed by atoms with E-state index in [9.17, 15) is 9.50 Å². The van der Waals surface area contributed by atoms with Crippen LogP contribution in [0.1, 0.15) is 42.5 Å². The second-order valence-electron chi connectivity index (χ2n) is 7.17. The van der Waals surface area contributed by atoms with Crippen molar-refractivity contribution in [1.82, 2.24) is 4.90 Å². The molecule has 0 fully saturated rings. The molecule has 0 radical (unpaired) electrons. The minimum absolute atomic E-state index is 0.00273. The Morgan fingerprint density at radius 3 is 2.65 bits per heavy atom. The number of benzene rings is 2. The summed E-state index contributed by atoms with van der Waals surface area (Å²) in [5.41, 5.74) is 4.10. The summed E-state index contributed by atoms with van der Waals surface area (Å²) in [7, 11) is 0. The van der Waals surface area contributed by atoms with Crippen LogP contribution in [0.3, 0.4) is 0 Å². The molecule has 2 nitrogen and oxygen atoms in total. The molecule has 0 amide bonds. The van der Waals surface area contributed by atoms with Gasteiger partial charge in [-0.25, -0.2) is 4.39 Å². The van der Waals surface area contributed by atoms with Gasteiger partial charge in [-0.2, -0.15) is 0 Å². The highest BCUT2D eigenvalue weighted by molar-refractivity contribution is 5.35. The van der Waals surface area contributed by atoms with E-state index in [-0.39, 0.29) is 11.4 Å². The first-order valence-electron chi connectivity index (χ1n) is 8.16. The average Bonchev–Trinajstić information content (AvgIpc) is 2.95. The molecule has 0 spiro atoms. The van der Waals surface area contributed by atoms with Crippen LogP contribution in [0.15, 0.2) is 36.4 Å². The SMILES string of the molecule is Cc1cc(CCC(C)(C)N2Cc3cccc(F)c3C2)ccc1O. The van der Waals surface area contributed by atoms with Gasteiger partial charge in [0.2, 0.25) is 0 Å². The summed E-state index contributed by atoms with van der Waals surface area (Å²) < 4.78 is 13.9. The molecule has 3 rings (SSSR count). The fourth-order valence-electron chi connectivity index (χ4n) is 3.29. The second-order valence-corrected chi connectivity index (χ2v) is 7.17. The number of hydrogen-bond acceptors (Lipinski definition) is 2. The van der Waals surface area contributed by atoms with Crippen LogP contribution < -0.4 is 0 Å². The first-order valence-corrected chi connectivity index (χ1v) is 8.16. The van der Waals surface area contributed by atoms with E-state index in [2.05, 4.69) is 18.7 Å². The summed E-state index contributed by atoms with van der Waals surface area (Å²) in [6.45, 7) is 7.87. The summed E-state index contributed by atoms with van der Waals surface area (Å²) in [4.78, 5) is 2.36. The lowest BCUT2D eigenvalue weighted by molar-refractivity contribution is 0.109. The predicted octanol–water partition coefficient (Wildman–Crippen LogP) is 4.57. The van der Waals surface area contributed by atoms with Crippen molar-refractivity contribution in [3.8, 4) is 5.75 Å². The Morgan fingerprint density at radius 2 is 1.96 bits per heavy atom. The topological polar surface area (TPSA) is 23.5 Å². The van der Waals surface area contributed by atoms with Gasteiger partial charge in [-0.1, -0.05) is 24.3 Å². The number of rotatable bonds is 4. The van der Waals surface area contributed by atoms with Crippen molar-refractivity contribution in [2.24, 2.45) is 0 Å². The molecule has 3 heteroatoms. The summed E-state index contributed by atoms with van der Waals surface area (Å²) in [5.74, 6) is 0.258. The van der Waals surface area contributed by atoms with Crippen molar-refractivity contribution in [2.45, 2.75) is 52.2 Å². The number of halogens is 1. The second kappa shape index (κ2) is 5.97. The van der Waals surface area contributed by atoms with Gasteiger partial charge in [-0.15, -0.1) is 0 Å². The largest absolute Gasteiger partial charge is 0.508 e. The number of hydrogen-bond donors (Lipinski definition) is 1. The predicted molar refractivity (Wildman–Crippen MR) is 90.9 cm³/mol. The van der Waals surface area contributed by atoms with Crippen LogP contribution >= 0.6 is 0 Å². The normalized spacial score (nSPS) is 15.0. The monoisotopic (exact) mass is 313 g/mol. The van der Waals surface area contributed by atoms with Crippen molar-refractivity contribution in [2.75, 3.05) is 0 Å². The van der Waals surface area contributed by atoms with Gasteiger partial charge in [0.05, 0.1) is 0 Å². The van der Waals surface area contributed by atoms with Crippen molar-refractivity contribution in [3.63, 3.8) is 0 Å². The van der Waals surface area contributed by atoms with E-state index in [0.717, 1.165) is 36.1 Å². The maximum Gasteiger partial charge on any atom is 0.128 e. The molecule has 0 aromatic heterocycles. The summed E-state index contributed by atoms with van der Waals surface area (Å²) in [6.07, 6.45) is 1.94. The highest BCUT2D eigenvalue weighted by Gasteiger charge is 2.32. The van der Waals surface area contributed by atoms with E-state index in [1.807, 2.05) is 25.1 Å². The average molecular weight is 313 g/mol. The van der Waals surface area contributed by atoms with Crippen molar-refractivity contribution in [3.05, 3.63) is 64.5 Å². The van der Waals surface area contributed by atoms with Gasteiger partial charge >= 0.3 is 0 Å². The molecule has 122 valence electrons. The Balaban J connectivity index is 1.68. The lowest BCUT2D eigenvalue weighted by Gasteiger charge is -2.35. The van der Waals surface area contributed by atoms with Crippen molar-refractivity contribution in [1.29, 1.82) is 0 Å². The first-order chi connectivity index (χ1) is 10.9. The van der Waals surface area contributed by atoms with Crippen molar-refractivity contribution < 1.29 is 9.50 Å². The van der Waals surface area contributed by atoms with Crippen molar-refractivity contribution >= 4 is 0 Å². The highest BCUT2D eigenvalue weighted by Crippen LogP contribution is 2.33. The fraction of sp³-hybridized carbons (Fsp3) is 0.400. The van der Waals surface area contributed by atoms with Gasteiger partial charge in [-0.05, 0) is 62.4 Å². The Morgan fingerprint density at radius 1 is 1.17 bits per heavy atom. The molecule has 0 saturated heterocycles. The Hall–Kier alpha value is -1.87. The third kappa shape index (κ3) is 3.25. The number of fused-ring (bicyclic) bond motifs is 1.